The first-order chi connectivity index (χ1) is 16.4. The van der Waals surface area contributed by atoms with E-state index in [1.165, 1.54) is 11.1 Å². The maximum absolute atomic E-state index is 12.5. The Morgan fingerprint density at radius 1 is 1.32 bits per heavy atom. The van der Waals surface area contributed by atoms with Gasteiger partial charge in [0.05, 0.1) is 24.5 Å². The average molecular weight is 458 g/mol. The quantitative estimate of drug-likeness (QED) is 0.599. The molecule has 2 aliphatic rings. The Morgan fingerprint density at radius 2 is 2.18 bits per heavy atom. The highest BCUT2D eigenvalue weighted by Crippen LogP contribution is 2.48. The number of hydrogen-bond donors (Lipinski definition) is 1. The van der Waals surface area contributed by atoms with E-state index >= 15 is 0 Å². The number of benzene rings is 2. The van der Waals surface area contributed by atoms with Gasteiger partial charge in [-0.3, -0.25) is 4.79 Å². The van der Waals surface area contributed by atoms with E-state index in [2.05, 4.69) is 17.1 Å². The molecule has 0 unspecified atom stereocenters. The van der Waals surface area contributed by atoms with Gasteiger partial charge in [0.1, 0.15) is 11.8 Å². The third-order valence-corrected chi connectivity index (χ3v) is 6.79. The predicted octanol–water partition coefficient (Wildman–Crippen LogP) is 4.08. The second kappa shape index (κ2) is 8.62. The molecular formula is C27H27N3O4. The van der Waals surface area contributed by atoms with Crippen LogP contribution in [0, 0.1) is 11.3 Å². The smallest absolute Gasteiger partial charge is 0.226 e. The van der Waals surface area contributed by atoms with Crippen LogP contribution in [-0.4, -0.2) is 46.7 Å². The minimum absolute atomic E-state index is 0.0202. The van der Waals surface area contributed by atoms with Crippen molar-refractivity contribution in [2.75, 3.05) is 19.7 Å². The zero-order valence-electron chi connectivity index (χ0n) is 19.4. The van der Waals surface area contributed by atoms with Crippen LogP contribution in [0.4, 0.5) is 0 Å². The number of oxazole rings is 1. The van der Waals surface area contributed by atoms with Crippen molar-refractivity contribution in [3.05, 3.63) is 59.3 Å². The molecule has 1 atom stereocenters. The first-order valence-electron chi connectivity index (χ1n) is 11.6. The Morgan fingerprint density at radius 3 is 2.94 bits per heavy atom. The van der Waals surface area contributed by atoms with Crippen molar-refractivity contribution in [3.8, 4) is 34.6 Å². The molecule has 0 radical (unpaired) electrons. The predicted molar refractivity (Wildman–Crippen MR) is 126 cm³/mol. The first-order valence-corrected chi connectivity index (χ1v) is 11.6. The Hall–Kier alpha value is -3.63. The molecule has 174 valence electrons. The van der Waals surface area contributed by atoms with Crippen molar-refractivity contribution < 1.29 is 19.1 Å². The molecule has 7 heteroatoms. The number of nitrogens with zero attached hydrogens (tertiary/aromatic N) is 3. The molecule has 1 aliphatic heterocycles. The molecule has 1 fully saturated rings. The maximum Gasteiger partial charge on any atom is 0.226 e. The number of nitriles is 1. The summed E-state index contributed by atoms with van der Waals surface area (Å²) in [5.41, 5.74) is 4.33. The number of aliphatic hydroxyl groups excluding tert-OH is 1. The van der Waals surface area contributed by atoms with Gasteiger partial charge in [-0.2, -0.15) is 5.26 Å². The Labute approximate surface area is 198 Å². The summed E-state index contributed by atoms with van der Waals surface area (Å²) in [4.78, 5) is 18.8. The van der Waals surface area contributed by atoms with Crippen LogP contribution in [-0.2, 0) is 16.6 Å². The molecule has 1 N–H and O–H groups in total. The summed E-state index contributed by atoms with van der Waals surface area (Å²) in [6.07, 6.45) is 3.93. The molecule has 7 nitrogen and oxygen atoms in total. The average Bonchev–Trinajstić information content (AvgIpc) is 3.52. The topological polar surface area (TPSA) is 99.6 Å². The molecular weight excluding hydrogens is 430 g/mol. The summed E-state index contributed by atoms with van der Waals surface area (Å²) in [5.74, 6) is 1.76. The summed E-state index contributed by atoms with van der Waals surface area (Å²) in [6, 6.07) is 13.7. The molecule has 34 heavy (non-hydrogen) atoms. The molecule has 2 aromatic carbocycles. The van der Waals surface area contributed by atoms with E-state index in [9.17, 15) is 15.2 Å². The monoisotopic (exact) mass is 457 g/mol. The van der Waals surface area contributed by atoms with Crippen LogP contribution >= 0.6 is 0 Å². The molecule has 0 bridgehead atoms. The SMILES string of the molecule is CC(C)Oc1ccc(-c2ncc(-c3cccc4c3CC[C@@]43CC(=O)N(CCO)C3)o2)cc1C#N. The molecule has 5 rings (SSSR count). The lowest BCUT2D eigenvalue weighted by Crippen LogP contribution is -2.32. The number of carbonyl (C=O) groups excluding carboxylic acids is 1. The molecule has 1 saturated heterocycles. The van der Waals surface area contributed by atoms with E-state index in [1.807, 2.05) is 32.0 Å². The number of ether oxygens (including phenoxy) is 1. The minimum Gasteiger partial charge on any atom is -0.490 e. The van der Waals surface area contributed by atoms with Gasteiger partial charge in [-0.25, -0.2) is 4.98 Å². The number of rotatable bonds is 6. The fourth-order valence-electron chi connectivity index (χ4n) is 5.31. The highest BCUT2D eigenvalue weighted by Gasteiger charge is 2.48. The standard InChI is InChI=1S/C27H27N3O4/c1-17(2)33-23-7-6-18(12-19(23)14-28)26-29-15-24(34-26)21-4-3-5-22-20(21)8-9-27(22)13-25(32)30(16-27)10-11-31/h3-7,12,15,17,31H,8-11,13,16H2,1-2H3/t27-/m0/s1. The molecule has 1 aliphatic carbocycles. The van der Waals surface area contributed by atoms with Gasteiger partial charge in [0.25, 0.3) is 0 Å². The summed E-state index contributed by atoms with van der Waals surface area (Å²) in [5, 5.41) is 18.8. The first kappa shape index (κ1) is 22.2. The van der Waals surface area contributed by atoms with Crippen molar-refractivity contribution in [1.29, 1.82) is 5.26 Å². The number of aliphatic hydroxyl groups is 1. The van der Waals surface area contributed by atoms with Crippen LogP contribution in [0.1, 0.15) is 43.4 Å². The van der Waals surface area contributed by atoms with Gasteiger partial charge < -0.3 is 19.2 Å². The summed E-state index contributed by atoms with van der Waals surface area (Å²) in [7, 11) is 0. The van der Waals surface area contributed by atoms with Gasteiger partial charge in [-0.15, -0.1) is 0 Å². The lowest BCUT2D eigenvalue weighted by Gasteiger charge is -2.24. The molecule has 2 heterocycles. The maximum atomic E-state index is 12.5. The van der Waals surface area contributed by atoms with Gasteiger partial charge in [0, 0.05) is 36.1 Å². The van der Waals surface area contributed by atoms with E-state index in [0.29, 0.717) is 48.0 Å². The van der Waals surface area contributed by atoms with Crippen molar-refractivity contribution in [1.82, 2.24) is 9.88 Å². The Bertz CT molecular complexity index is 1290. The number of fused-ring (bicyclic) bond motifs is 2. The van der Waals surface area contributed by atoms with Crippen LogP contribution < -0.4 is 4.74 Å². The minimum atomic E-state index is -0.200. The third kappa shape index (κ3) is 3.74. The van der Waals surface area contributed by atoms with Gasteiger partial charge >= 0.3 is 0 Å². The van der Waals surface area contributed by atoms with Gasteiger partial charge in [-0.05, 0) is 56.0 Å². The van der Waals surface area contributed by atoms with Gasteiger partial charge in [-0.1, -0.05) is 18.2 Å². The van der Waals surface area contributed by atoms with E-state index in [1.54, 1.807) is 23.2 Å². The molecule has 3 aromatic rings. The van der Waals surface area contributed by atoms with E-state index in [0.717, 1.165) is 18.4 Å². The second-order valence-corrected chi connectivity index (χ2v) is 9.35. The summed E-state index contributed by atoms with van der Waals surface area (Å²) >= 11 is 0. The summed E-state index contributed by atoms with van der Waals surface area (Å²) in [6.45, 7) is 4.85. The Balaban J connectivity index is 1.46. The fourth-order valence-corrected chi connectivity index (χ4v) is 5.31. The van der Waals surface area contributed by atoms with Crippen LogP contribution in [0.25, 0.3) is 22.8 Å². The lowest BCUT2D eigenvalue weighted by molar-refractivity contribution is -0.128. The van der Waals surface area contributed by atoms with Crippen LogP contribution in [0.5, 0.6) is 5.75 Å². The van der Waals surface area contributed by atoms with E-state index < -0.39 is 0 Å². The van der Waals surface area contributed by atoms with E-state index in [-0.39, 0.29) is 24.0 Å². The molecule has 1 amide bonds. The molecule has 1 spiro atoms. The van der Waals surface area contributed by atoms with Crippen LogP contribution in [0.2, 0.25) is 0 Å². The van der Waals surface area contributed by atoms with Crippen molar-refractivity contribution in [2.24, 2.45) is 0 Å². The highest BCUT2D eigenvalue weighted by molar-refractivity contribution is 5.82. The fraction of sp³-hybridized carbons (Fsp3) is 0.370. The van der Waals surface area contributed by atoms with Crippen molar-refractivity contribution in [3.63, 3.8) is 0 Å². The number of likely N-dealkylation sites (tertiary alicyclic amines) is 1. The number of aromatic nitrogens is 1. The number of hydrogen-bond acceptors (Lipinski definition) is 6. The van der Waals surface area contributed by atoms with Crippen LogP contribution in [0.15, 0.2) is 47.0 Å². The zero-order valence-corrected chi connectivity index (χ0v) is 19.4. The highest BCUT2D eigenvalue weighted by atomic mass is 16.5. The third-order valence-electron chi connectivity index (χ3n) is 6.79. The summed E-state index contributed by atoms with van der Waals surface area (Å²) < 4.78 is 11.9. The van der Waals surface area contributed by atoms with Crippen LogP contribution in [0.3, 0.4) is 0 Å². The zero-order chi connectivity index (χ0) is 23.9. The number of amides is 1. The van der Waals surface area contributed by atoms with Crippen molar-refractivity contribution >= 4 is 5.91 Å². The second-order valence-electron chi connectivity index (χ2n) is 9.35. The number of β-amino-alcohol motifs (C(OH)–C–C–N with tert-alkyl or cyclic N) is 1. The Kier molecular flexibility index (Phi) is 5.62. The lowest BCUT2D eigenvalue weighted by atomic mass is 9.80. The van der Waals surface area contributed by atoms with Gasteiger partial charge in [0.15, 0.2) is 5.76 Å². The molecule has 1 aromatic heterocycles. The number of carbonyl (C=O) groups is 1. The largest absolute Gasteiger partial charge is 0.490 e. The van der Waals surface area contributed by atoms with Gasteiger partial charge in [0.2, 0.25) is 11.8 Å². The van der Waals surface area contributed by atoms with Crippen molar-refractivity contribution in [2.45, 2.75) is 44.6 Å². The van der Waals surface area contributed by atoms with E-state index in [4.69, 9.17) is 9.15 Å². The molecule has 0 saturated carbocycles. The normalized spacial score (nSPS) is 19.1.